The van der Waals surface area contributed by atoms with E-state index in [1.807, 2.05) is 0 Å². The molecular formula is C12H11N3O5. The van der Waals surface area contributed by atoms with Crippen LogP contribution in [0.15, 0.2) is 36.5 Å². The van der Waals surface area contributed by atoms with Crippen molar-refractivity contribution in [2.45, 2.75) is 6.54 Å². The van der Waals surface area contributed by atoms with Crippen molar-refractivity contribution in [2.24, 2.45) is 0 Å². The summed E-state index contributed by atoms with van der Waals surface area (Å²) in [6, 6.07) is 7.55. The first-order valence-corrected chi connectivity index (χ1v) is 5.71. The Morgan fingerprint density at radius 3 is 2.80 bits per heavy atom. The van der Waals surface area contributed by atoms with Gasteiger partial charge in [-0.05, 0) is 17.1 Å². The first-order chi connectivity index (χ1) is 9.58. The third-order valence-corrected chi connectivity index (χ3v) is 2.51. The number of hydrogen-bond acceptors (Lipinski definition) is 5. The van der Waals surface area contributed by atoms with E-state index < -0.39 is 10.9 Å². The van der Waals surface area contributed by atoms with E-state index in [1.165, 1.54) is 23.0 Å². The van der Waals surface area contributed by atoms with Crippen LogP contribution in [0.3, 0.4) is 0 Å². The van der Waals surface area contributed by atoms with Crippen LogP contribution < -0.4 is 4.74 Å². The molecule has 0 amide bonds. The number of para-hydroxylation sites is 1. The predicted octanol–water partition coefficient (Wildman–Crippen LogP) is 1.57. The van der Waals surface area contributed by atoms with Gasteiger partial charge in [-0.2, -0.15) is 4.68 Å². The van der Waals surface area contributed by atoms with Crippen molar-refractivity contribution in [1.82, 2.24) is 9.78 Å². The van der Waals surface area contributed by atoms with Crippen molar-refractivity contribution >= 4 is 11.8 Å². The maximum Gasteiger partial charge on any atom is 0.389 e. The number of hydrogen-bond donors (Lipinski definition) is 1. The molecule has 0 bridgehead atoms. The summed E-state index contributed by atoms with van der Waals surface area (Å²) in [7, 11) is 0. The minimum atomic E-state index is -1.07. The van der Waals surface area contributed by atoms with E-state index >= 15 is 0 Å². The zero-order chi connectivity index (χ0) is 14.5. The Bertz CT molecular complexity index is 638. The Kier molecular flexibility index (Phi) is 3.94. The van der Waals surface area contributed by atoms with Crippen molar-refractivity contribution in [2.75, 3.05) is 6.61 Å². The van der Waals surface area contributed by atoms with Gasteiger partial charge in [-0.25, -0.2) is 4.79 Å². The summed E-state index contributed by atoms with van der Waals surface area (Å²) in [6.07, 6.45) is 1.46. The average molecular weight is 277 g/mol. The molecule has 0 aliphatic carbocycles. The molecule has 0 saturated carbocycles. The zero-order valence-corrected chi connectivity index (χ0v) is 10.3. The molecule has 0 radical (unpaired) electrons. The molecule has 20 heavy (non-hydrogen) atoms. The van der Waals surface area contributed by atoms with Crippen LogP contribution in [-0.4, -0.2) is 32.4 Å². The van der Waals surface area contributed by atoms with Gasteiger partial charge >= 0.3 is 11.8 Å². The largest absolute Gasteiger partial charge is 0.491 e. The van der Waals surface area contributed by atoms with Crippen molar-refractivity contribution < 1.29 is 19.6 Å². The van der Waals surface area contributed by atoms with Crippen LogP contribution >= 0.6 is 0 Å². The molecule has 0 fully saturated rings. The van der Waals surface area contributed by atoms with E-state index in [4.69, 9.17) is 9.84 Å². The monoisotopic (exact) mass is 277 g/mol. The van der Waals surface area contributed by atoms with Gasteiger partial charge in [0.15, 0.2) is 0 Å². The van der Waals surface area contributed by atoms with Crippen molar-refractivity contribution in [1.29, 1.82) is 0 Å². The highest BCUT2D eigenvalue weighted by atomic mass is 16.6. The Hall–Kier alpha value is -2.90. The fraction of sp³-hybridized carbons (Fsp3) is 0.167. The van der Waals surface area contributed by atoms with E-state index in [9.17, 15) is 14.9 Å². The molecule has 1 aromatic carbocycles. The number of benzene rings is 1. The van der Waals surface area contributed by atoms with Gasteiger partial charge in [-0.15, -0.1) is 0 Å². The summed E-state index contributed by atoms with van der Waals surface area (Å²) in [5.41, 5.74) is 0.0685. The Morgan fingerprint density at radius 2 is 2.15 bits per heavy atom. The lowest BCUT2D eigenvalue weighted by atomic mass is 10.2. The van der Waals surface area contributed by atoms with Crippen LogP contribution in [0, 0.1) is 10.1 Å². The average Bonchev–Trinajstić information content (AvgIpc) is 2.88. The molecule has 8 heteroatoms. The predicted molar refractivity (Wildman–Crippen MR) is 67.8 cm³/mol. The summed E-state index contributed by atoms with van der Waals surface area (Å²) in [6.45, 7) is 0.435. The van der Waals surface area contributed by atoms with Crippen LogP contribution in [0.25, 0.3) is 0 Å². The highest BCUT2D eigenvalue weighted by molar-refractivity contribution is 5.90. The van der Waals surface area contributed by atoms with E-state index in [0.717, 1.165) is 0 Å². The van der Waals surface area contributed by atoms with E-state index in [0.29, 0.717) is 0 Å². The van der Waals surface area contributed by atoms with Gasteiger partial charge in [0.2, 0.25) is 0 Å². The van der Waals surface area contributed by atoms with Gasteiger partial charge in [0, 0.05) is 0 Å². The molecule has 0 unspecified atom stereocenters. The van der Waals surface area contributed by atoms with E-state index in [-0.39, 0.29) is 30.3 Å². The second kappa shape index (κ2) is 5.83. The molecule has 2 rings (SSSR count). The molecular weight excluding hydrogens is 266 g/mol. The van der Waals surface area contributed by atoms with Gasteiger partial charge in [0.1, 0.15) is 17.9 Å². The number of aromatic carboxylic acids is 1. The molecule has 1 aromatic heterocycles. The number of carbonyl (C=O) groups is 1. The van der Waals surface area contributed by atoms with E-state index in [1.54, 1.807) is 18.2 Å². The third-order valence-electron chi connectivity index (χ3n) is 2.51. The summed E-state index contributed by atoms with van der Waals surface area (Å²) in [5, 5.41) is 23.2. The molecule has 0 aliphatic heterocycles. The highest BCUT2D eigenvalue weighted by Gasteiger charge is 2.12. The molecule has 0 atom stereocenters. The highest BCUT2D eigenvalue weighted by Crippen LogP contribution is 2.17. The van der Waals surface area contributed by atoms with Gasteiger partial charge in [-0.1, -0.05) is 12.1 Å². The van der Waals surface area contributed by atoms with Gasteiger partial charge in [-0.3, -0.25) is 0 Å². The SMILES string of the molecule is O=C(O)c1ccccc1OCCn1ccc([N+](=O)[O-])n1. The number of aromatic nitrogens is 2. The molecule has 0 aliphatic rings. The number of carboxylic acid groups (broad SMARTS) is 1. The van der Waals surface area contributed by atoms with Crippen molar-refractivity contribution in [3.05, 3.63) is 52.2 Å². The van der Waals surface area contributed by atoms with Crippen molar-refractivity contribution in [3.8, 4) is 5.75 Å². The van der Waals surface area contributed by atoms with Crippen LogP contribution in [0.1, 0.15) is 10.4 Å². The molecule has 1 heterocycles. The third kappa shape index (κ3) is 3.10. The smallest absolute Gasteiger partial charge is 0.389 e. The van der Waals surface area contributed by atoms with Gasteiger partial charge in [0.25, 0.3) is 0 Å². The van der Waals surface area contributed by atoms with Crippen LogP contribution in [0.5, 0.6) is 5.75 Å². The second-order valence-electron chi connectivity index (χ2n) is 3.84. The number of nitrogens with zero attached hydrogens (tertiary/aromatic N) is 3. The van der Waals surface area contributed by atoms with Gasteiger partial charge < -0.3 is 20.0 Å². The van der Waals surface area contributed by atoms with Crippen LogP contribution in [-0.2, 0) is 6.54 Å². The van der Waals surface area contributed by atoms with Crippen LogP contribution in [0.2, 0.25) is 0 Å². The normalized spacial score (nSPS) is 10.2. The lowest BCUT2D eigenvalue weighted by Crippen LogP contribution is -2.11. The summed E-state index contributed by atoms with van der Waals surface area (Å²) in [5.74, 6) is -1.06. The Balaban J connectivity index is 1.96. The summed E-state index contributed by atoms with van der Waals surface area (Å²) >= 11 is 0. The summed E-state index contributed by atoms with van der Waals surface area (Å²) < 4.78 is 6.72. The molecule has 2 aromatic rings. The number of carboxylic acids is 1. The fourth-order valence-electron chi connectivity index (χ4n) is 1.59. The maximum atomic E-state index is 11.0. The number of nitro groups is 1. The van der Waals surface area contributed by atoms with Crippen LogP contribution in [0.4, 0.5) is 5.82 Å². The molecule has 1 N–H and O–H groups in total. The van der Waals surface area contributed by atoms with Gasteiger partial charge in [0.05, 0.1) is 23.9 Å². The number of rotatable bonds is 6. The van der Waals surface area contributed by atoms with Crippen molar-refractivity contribution in [3.63, 3.8) is 0 Å². The topological polar surface area (TPSA) is 107 Å². The quantitative estimate of drug-likeness (QED) is 0.634. The van der Waals surface area contributed by atoms with E-state index in [2.05, 4.69) is 5.10 Å². The molecule has 0 spiro atoms. The lowest BCUT2D eigenvalue weighted by Gasteiger charge is -2.07. The number of ether oxygens (including phenoxy) is 1. The molecule has 0 saturated heterocycles. The first-order valence-electron chi connectivity index (χ1n) is 5.71. The standard InChI is InChI=1S/C12H11N3O5/c16-12(17)9-3-1-2-4-10(9)20-8-7-14-6-5-11(13-14)15(18)19/h1-6H,7-8H2,(H,16,17). The Labute approximate surface area is 113 Å². The lowest BCUT2D eigenvalue weighted by molar-refractivity contribution is -0.389. The minimum absolute atomic E-state index is 0.0685. The Morgan fingerprint density at radius 1 is 1.40 bits per heavy atom. The zero-order valence-electron chi connectivity index (χ0n) is 10.3. The maximum absolute atomic E-state index is 11.0. The first kappa shape index (κ1) is 13.5. The molecule has 104 valence electrons. The fourth-order valence-corrected chi connectivity index (χ4v) is 1.59. The minimum Gasteiger partial charge on any atom is -0.491 e. The summed E-state index contributed by atoms with van der Waals surface area (Å²) in [4.78, 5) is 20.8. The second-order valence-corrected chi connectivity index (χ2v) is 3.84. The molecule has 8 nitrogen and oxygen atoms in total.